The Hall–Kier alpha value is -2.93. The van der Waals surface area contributed by atoms with Crippen LogP contribution in [-0.2, 0) is 0 Å². The fourth-order valence-electron chi connectivity index (χ4n) is 2.87. The molecule has 4 rings (SSSR count). The Morgan fingerprint density at radius 1 is 0.636 bits per heavy atom. The number of hydrogen-bond donors (Lipinski definition) is 0. The van der Waals surface area contributed by atoms with Crippen molar-refractivity contribution in [2.45, 2.75) is 0 Å². The van der Waals surface area contributed by atoms with E-state index in [0.717, 1.165) is 16.7 Å². The molecular formula is C21H14N. The first-order valence-corrected chi connectivity index (χ1v) is 7.34. The number of pyridine rings is 1. The van der Waals surface area contributed by atoms with E-state index < -0.39 is 0 Å². The summed E-state index contributed by atoms with van der Waals surface area (Å²) < 4.78 is 0. The molecule has 103 valence electrons. The van der Waals surface area contributed by atoms with Gasteiger partial charge in [0.25, 0.3) is 0 Å². The van der Waals surface area contributed by atoms with E-state index in [2.05, 4.69) is 71.8 Å². The highest BCUT2D eigenvalue weighted by Crippen LogP contribution is 2.35. The topological polar surface area (TPSA) is 12.9 Å². The summed E-state index contributed by atoms with van der Waals surface area (Å²) in [6.07, 6.45) is 4.98. The van der Waals surface area contributed by atoms with Crippen LogP contribution in [0.15, 0.2) is 85.1 Å². The molecule has 3 aromatic carbocycles. The number of benzene rings is 3. The molecule has 0 fully saturated rings. The third-order valence-electron chi connectivity index (χ3n) is 3.90. The molecule has 0 spiro atoms. The fraction of sp³-hybridized carbons (Fsp3) is 0. The predicted octanol–water partition coefficient (Wildman–Crippen LogP) is 5.37. The summed E-state index contributed by atoms with van der Waals surface area (Å²) in [5, 5.41) is 2.50. The van der Waals surface area contributed by atoms with Crippen molar-refractivity contribution in [3.05, 3.63) is 91.3 Å². The average Bonchev–Trinajstić information content (AvgIpc) is 2.62. The van der Waals surface area contributed by atoms with E-state index in [-0.39, 0.29) is 0 Å². The SMILES string of the molecule is [c]1nccc(-c2cccc3ccccc23)c1-c1ccccc1. The largest absolute Gasteiger partial charge is 0.254 e. The second-order valence-corrected chi connectivity index (χ2v) is 5.24. The molecule has 0 unspecified atom stereocenters. The van der Waals surface area contributed by atoms with Gasteiger partial charge in [-0.3, -0.25) is 4.98 Å². The maximum Gasteiger partial charge on any atom is 0.0977 e. The first kappa shape index (κ1) is 12.8. The van der Waals surface area contributed by atoms with E-state index in [1.807, 2.05) is 24.4 Å². The van der Waals surface area contributed by atoms with Gasteiger partial charge < -0.3 is 0 Å². The minimum atomic E-state index is 1.04. The van der Waals surface area contributed by atoms with Crippen LogP contribution in [0.4, 0.5) is 0 Å². The minimum Gasteiger partial charge on any atom is -0.254 e. The lowest BCUT2D eigenvalue weighted by molar-refractivity contribution is 1.31. The molecule has 1 heterocycles. The summed E-state index contributed by atoms with van der Waals surface area (Å²) in [6.45, 7) is 0. The number of hydrogen-bond acceptors (Lipinski definition) is 1. The van der Waals surface area contributed by atoms with Crippen molar-refractivity contribution in [3.63, 3.8) is 0 Å². The van der Waals surface area contributed by atoms with Gasteiger partial charge in [0, 0.05) is 11.8 Å². The number of rotatable bonds is 2. The molecule has 1 radical (unpaired) electrons. The summed E-state index contributed by atoms with van der Waals surface area (Å²) in [7, 11) is 0. The lowest BCUT2D eigenvalue weighted by Gasteiger charge is -2.11. The normalized spacial score (nSPS) is 10.7. The zero-order valence-electron chi connectivity index (χ0n) is 12.0. The number of aromatic nitrogens is 1. The van der Waals surface area contributed by atoms with Gasteiger partial charge in [0.15, 0.2) is 0 Å². The van der Waals surface area contributed by atoms with Gasteiger partial charge in [0.1, 0.15) is 0 Å². The third kappa shape index (κ3) is 2.17. The quantitative estimate of drug-likeness (QED) is 0.481. The molecule has 1 heteroatoms. The highest BCUT2D eigenvalue weighted by molar-refractivity contribution is 6.00. The van der Waals surface area contributed by atoms with Crippen LogP contribution in [0.25, 0.3) is 33.0 Å². The Bertz CT molecular complexity index is 921. The first-order valence-electron chi connectivity index (χ1n) is 7.34. The van der Waals surface area contributed by atoms with Crippen molar-refractivity contribution in [1.82, 2.24) is 4.98 Å². The number of fused-ring (bicyclic) bond motifs is 1. The first-order chi connectivity index (χ1) is 10.9. The Labute approximate surface area is 129 Å². The van der Waals surface area contributed by atoms with Crippen molar-refractivity contribution in [2.24, 2.45) is 0 Å². The van der Waals surface area contributed by atoms with Crippen LogP contribution < -0.4 is 0 Å². The van der Waals surface area contributed by atoms with Crippen molar-refractivity contribution >= 4 is 10.8 Å². The van der Waals surface area contributed by atoms with Gasteiger partial charge in [0.05, 0.1) is 6.20 Å². The third-order valence-corrected chi connectivity index (χ3v) is 3.90. The Kier molecular flexibility index (Phi) is 3.17. The van der Waals surface area contributed by atoms with Crippen LogP contribution in [0.1, 0.15) is 0 Å². The van der Waals surface area contributed by atoms with Crippen LogP contribution in [-0.4, -0.2) is 4.98 Å². The Balaban J connectivity index is 2.01. The van der Waals surface area contributed by atoms with Crippen molar-refractivity contribution < 1.29 is 0 Å². The summed E-state index contributed by atoms with van der Waals surface area (Å²) in [5.41, 5.74) is 4.56. The van der Waals surface area contributed by atoms with E-state index in [9.17, 15) is 0 Å². The molecule has 0 amide bonds. The molecule has 0 bridgehead atoms. The van der Waals surface area contributed by atoms with Crippen LogP contribution in [0.5, 0.6) is 0 Å². The van der Waals surface area contributed by atoms with Crippen LogP contribution in [0, 0.1) is 6.20 Å². The molecule has 4 aromatic rings. The molecule has 0 saturated heterocycles. The molecule has 22 heavy (non-hydrogen) atoms. The van der Waals surface area contributed by atoms with Gasteiger partial charge in [-0.1, -0.05) is 72.8 Å². The smallest absolute Gasteiger partial charge is 0.0977 e. The Morgan fingerprint density at radius 3 is 2.32 bits per heavy atom. The minimum absolute atomic E-state index is 1.04. The van der Waals surface area contributed by atoms with Gasteiger partial charge in [-0.15, -0.1) is 0 Å². The Morgan fingerprint density at radius 2 is 1.41 bits per heavy atom. The molecule has 1 aromatic heterocycles. The molecule has 0 aliphatic carbocycles. The summed E-state index contributed by atoms with van der Waals surface area (Å²) in [5.74, 6) is 0. The van der Waals surface area contributed by atoms with E-state index >= 15 is 0 Å². The molecule has 0 saturated carbocycles. The highest BCUT2D eigenvalue weighted by atomic mass is 14.6. The van der Waals surface area contributed by atoms with Crippen LogP contribution >= 0.6 is 0 Å². The molecule has 1 nitrogen and oxygen atoms in total. The van der Waals surface area contributed by atoms with E-state index in [1.54, 1.807) is 0 Å². The number of nitrogens with zero attached hydrogens (tertiary/aromatic N) is 1. The summed E-state index contributed by atoms with van der Waals surface area (Å²) in [6, 6.07) is 27.3. The summed E-state index contributed by atoms with van der Waals surface area (Å²) >= 11 is 0. The van der Waals surface area contributed by atoms with E-state index in [4.69, 9.17) is 0 Å². The second kappa shape index (κ2) is 5.45. The fourth-order valence-corrected chi connectivity index (χ4v) is 2.87. The van der Waals surface area contributed by atoms with Gasteiger partial charge in [0.2, 0.25) is 0 Å². The monoisotopic (exact) mass is 280 g/mol. The molecular weight excluding hydrogens is 266 g/mol. The molecule has 0 aliphatic rings. The summed E-state index contributed by atoms with van der Waals surface area (Å²) in [4.78, 5) is 4.20. The van der Waals surface area contributed by atoms with Crippen molar-refractivity contribution in [2.75, 3.05) is 0 Å². The molecule has 0 aliphatic heterocycles. The van der Waals surface area contributed by atoms with Gasteiger partial charge in [-0.05, 0) is 33.5 Å². The molecule has 0 N–H and O–H groups in total. The highest BCUT2D eigenvalue weighted by Gasteiger charge is 2.10. The average molecular weight is 280 g/mol. The lowest BCUT2D eigenvalue weighted by atomic mass is 9.93. The van der Waals surface area contributed by atoms with Gasteiger partial charge >= 0.3 is 0 Å². The van der Waals surface area contributed by atoms with Crippen molar-refractivity contribution in [1.29, 1.82) is 0 Å². The predicted molar refractivity (Wildman–Crippen MR) is 91.5 cm³/mol. The van der Waals surface area contributed by atoms with Crippen LogP contribution in [0.3, 0.4) is 0 Å². The van der Waals surface area contributed by atoms with Gasteiger partial charge in [-0.2, -0.15) is 0 Å². The second-order valence-electron chi connectivity index (χ2n) is 5.24. The lowest BCUT2D eigenvalue weighted by Crippen LogP contribution is -1.88. The van der Waals surface area contributed by atoms with Crippen molar-refractivity contribution in [3.8, 4) is 22.3 Å². The van der Waals surface area contributed by atoms with E-state index in [0.29, 0.717) is 0 Å². The van der Waals surface area contributed by atoms with Gasteiger partial charge in [-0.25, -0.2) is 0 Å². The van der Waals surface area contributed by atoms with Crippen LogP contribution in [0.2, 0.25) is 0 Å². The maximum atomic E-state index is 4.20. The maximum absolute atomic E-state index is 4.20. The molecule has 0 atom stereocenters. The zero-order valence-corrected chi connectivity index (χ0v) is 12.0. The van der Waals surface area contributed by atoms with E-state index in [1.165, 1.54) is 16.3 Å². The zero-order chi connectivity index (χ0) is 14.8. The standard InChI is InChI=1S/C21H14N/c1-2-7-17(8-3-1)21-15-22-14-13-20(21)19-12-6-10-16-9-4-5-11-18(16)19/h1-14H.